The highest BCUT2D eigenvalue weighted by atomic mass is 32.1. The molecule has 0 aliphatic carbocycles. The molecule has 3 rings (SSSR count). The summed E-state index contributed by atoms with van der Waals surface area (Å²) in [6.07, 6.45) is 1.54. The summed E-state index contributed by atoms with van der Waals surface area (Å²) in [7, 11) is 1.55. The van der Waals surface area contributed by atoms with Crippen molar-refractivity contribution in [2.45, 2.75) is 6.92 Å². The smallest absolute Gasteiger partial charge is 0.315 e. The van der Waals surface area contributed by atoms with Crippen LogP contribution in [0.15, 0.2) is 54.0 Å². The summed E-state index contributed by atoms with van der Waals surface area (Å²) in [4.78, 5) is 28.2. The summed E-state index contributed by atoms with van der Waals surface area (Å²) >= 11 is 1.22. The molecule has 2 amide bonds. The van der Waals surface area contributed by atoms with Gasteiger partial charge < -0.3 is 14.8 Å². The highest BCUT2D eigenvalue weighted by molar-refractivity contribution is 7.13. The molecule has 8 heteroatoms. The van der Waals surface area contributed by atoms with Crippen LogP contribution in [0, 0.1) is 6.92 Å². The number of amides is 2. The number of anilines is 2. The minimum Gasteiger partial charge on any atom is -0.493 e. The van der Waals surface area contributed by atoms with E-state index in [1.165, 1.54) is 17.5 Å². The van der Waals surface area contributed by atoms with Gasteiger partial charge in [0.15, 0.2) is 22.4 Å². The number of nitrogens with one attached hydrogen (secondary N) is 2. The lowest BCUT2D eigenvalue weighted by molar-refractivity contribution is -0.133. The Bertz CT molecular complexity index is 957. The Morgan fingerprint density at radius 1 is 1.00 bits per heavy atom. The molecule has 7 nitrogen and oxygen atoms in total. The molecule has 27 heavy (non-hydrogen) atoms. The van der Waals surface area contributed by atoms with Gasteiger partial charge in [0, 0.05) is 11.6 Å². The Hall–Kier alpha value is -3.39. The first kappa shape index (κ1) is 18.4. The Morgan fingerprint density at radius 3 is 2.44 bits per heavy atom. The van der Waals surface area contributed by atoms with E-state index in [0.717, 1.165) is 5.56 Å². The quantitative estimate of drug-likeness (QED) is 0.654. The van der Waals surface area contributed by atoms with Crippen molar-refractivity contribution in [3.05, 3.63) is 59.6 Å². The van der Waals surface area contributed by atoms with Crippen LogP contribution in [0.1, 0.15) is 5.56 Å². The molecule has 2 aromatic carbocycles. The highest BCUT2D eigenvalue weighted by Gasteiger charge is 2.18. The van der Waals surface area contributed by atoms with E-state index in [1.54, 1.807) is 36.8 Å². The molecule has 0 radical (unpaired) electrons. The number of carbonyl (C=O) groups excluding carboxylic acids is 2. The van der Waals surface area contributed by atoms with Gasteiger partial charge in [-0.15, -0.1) is 11.3 Å². The Kier molecular flexibility index (Phi) is 5.68. The highest BCUT2D eigenvalue weighted by Crippen LogP contribution is 2.35. The number of aromatic nitrogens is 1. The molecule has 0 saturated heterocycles. The average molecular weight is 383 g/mol. The topological polar surface area (TPSA) is 89.5 Å². The van der Waals surface area contributed by atoms with Crippen molar-refractivity contribution in [3.8, 4) is 17.2 Å². The number of benzene rings is 2. The van der Waals surface area contributed by atoms with E-state index < -0.39 is 11.8 Å². The lowest BCUT2D eigenvalue weighted by Gasteiger charge is -2.14. The third-order valence-corrected chi connectivity index (χ3v) is 4.22. The van der Waals surface area contributed by atoms with Crippen LogP contribution in [0.25, 0.3) is 0 Å². The van der Waals surface area contributed by atoms with Crippen molar-refractivity contribution in [3.63, 3.8) is 0 Å². The van der Waals surface area contributed by atoms with E-state index in [1.807, 2.05) is 25.1 Å². The number of rotatable bonds is 5. The molecule has 1 heterocycles. The second-order valence-corrected chi connectivity index (χ2v) is 6.39. The Labute approximate surface area is 160 Å². The second kappa shape index (κ2) is 8.33. The van der Waals surface area contributed by atoms with Gasteiger partial charge in [-0.05, 0) is 36.8 Å². The summed E-state index contributed by atoms with van der Waals surface area (Å²) in [5, 5.41) is 7.06. The van der Waals surface area contributed by atoms with Crippen LogP contribution in [0.4, 0.5) is 10.8 Å². The zero-order chi connectivity index (χ0) is 19.2. The van der Waals surface area contributed by atoms with Crippen molar-refractivity contribution >= 4 is 34.0 Å². The molecule has 0 spiro atoms. The standard InChI is InChI=1S/C19H17N3O4S/c1-12-7-8-13(21-17(23)18(24)22-19-20-9-10-27-19)16(11-12)26-15-6-4-3-5-14(15)25-2/h3-11H,1-2H3,(H,21,23)(H,20,22,24). The van der Waals surface area contributed by atoms with Crippen LogP contribution in [0.5, 0.6) is 17.2 Å². The number of carbonyl (C=O) groups is 2. The first-order chi connectivity index (χ1) is 13.1. The molecule has 3 aromatic rings. The summed E-state index contributed by atoms with van der Waals surface area (Å²) in [5.41, 5.74) is 1.30. The number of ether oxygens (including phenoxy) is 2. The fourth-order valence-corrected chi connectivity index (χ4v) is 2.78. The largest absolute Gasteiger partial charge is 0.493 e. The molecular weight excluding hydrogens is 366 g/mol. The Morgan fingerprint density at radius 2 is 1.74 bits per heavy atom. The lowest BCUT2D eigenvalue weighted by Crippen LogP contribution is -2.29. The number of aryl methyl sites for hydroxylation is 1. The fraction of sp³-hybridized carbons (Fsp3) is 0.105. The number of methoxy groups -OCH3 is 1. The first-order valence-electron chi connectivity index (χ1n) is 8.00. The predicted octanol–water partition coefficient (Wildman–Crippen LogP) is 3.83. The molecule has 0 aliphatic heterocycles. The molecule has 0 fully saturated rings. The molecule has 138 valence electrons. The Balaban J connectivity index is 1.79. The van der Waals surface area contributed by atoms with Gasteiger partial charge in [-0.1, -0.05) is 18.2 Å². The number of thiazole rings is 1. The van der Waals surface area contributed by atoms with E-state index >= 15 is 0 Å². The summed E-state index contributed by atoms with van der Waals surface area (Å²) in [6, 6.07) is 12.4. The minimum atomic E-state index is -0.820. The van der Waals surface area contributed by atoms with Crippen LogP contribution in [0.3, 0.4) is 0 Å². The number of para-hydroxylation sites is 2. The van der Waals surface area contributed by atoms with Crippen LogP contribution < -0.4 is 20.1 Å². The molecular formula is C19H17N3O4S. The average Bonchev–Trinajstić information content (AvgIpc) is 3.17. The van der Waals surface area contributed by atoms with E-state index in [0.29, 0.717) is 28.1 Å². The van der Waals surface area contributed by atoms with E-state index in [4.69, 9.17) is 9.47 Å². The van der Waals surface area contributed by atoms with Crippen molar-refractivity contribution in [2.75, 3.05) is 17.7 Å². The maximum Gasteiger partial charge on any atom is 0.315 e. The zero-order valence-electron chi connectivity index (χ0n) is 14.7. The van der Waals surface area contributed by atoms with Gasteiger partial charge in [0.2, 0.25) is 0 Å². The molecule has 0 atom stereocenters. The number of nitrogens with zero attached hydrogens (tertiary/aromatic N) is 1. The van der Waals surface area contributed by atoms with Crippen LogP contribution in [-0.2, 0) is 9.59 Å². The molecule has 0 unspecified atom stereocenters. The van der Waals surface area contributed by atoms with Crippen LogP contribution in [-0.4, -0.2) is 23.9 Å². The maximum absolute atomic E-state index is 12.2. The third kappa shape index (κ3) is 4.62. The van der Waals surface area contributed by atoms with E-state index in [-0.39, 0.29) is 0 Å². The maximum atomic E-state index is 12.2. The monoisotopic (exact) mass is 383 g/mol. The van der Waals surface area contributed by atoms with E-state index in [2.05, 4.69) is 15.6 Å². The van der Waals surface area contributed by atoms with Gasteiger partial charge in [0.1, 0.15) is 0 Å². The first-order valence-corrected chi connectivity index (χ1v) is 8.88. The third-order valence-electron chi connectivity index (χ3n) is 3.53. The van der Waals surface area contributed by atoms with Crippen molar-refractivity contribution in [1.82, 2.24) is 4.98 Å². The van der Waals surface area contributed by atoms with Gasteiger partial charge in [0.25, 0.3) is 0 Å². The lowest BCUT2D eigenvalue weighted by atomic mass is 10.2. The minimum absolute atomic E-state index is 0.351. The van der Waals surface area contributed by atoms with Gasteiger partial charge in [-0.3, -0.25) is 14.9 Å². The summed E-state index contributed by atoms with van der Waals surface area (Å²) in [6.45, 7) is 1.90. The predicted molar refractivity (Wildman–Crippen MR) is 104 cm³/mol. The van der Waals surface area contributed by atoms with Crippen molar-refractivity contribution < 1.29 is 19.1 Å². The normalized spacial score (nSPS) is 10.1. The van der Waals surface area contributed by atoms with Gasteiger partial charge >= 0.3 is 11.8 Å². The molecule has 0 aliphatic rings. The van der Waals surface area contributed by atoms with Crippen molar-refractivity contribution in [2.24, 2.45) is 0 Å². The van der Waals surface area contributed by atoms with Crippen LogP contribution in [0.2, 0.25) is 0 Å². The second-order valence-electron chi connectivity index (χ2n) is 5.50. The van der Waals surface area contributed by atoms with Gasteiger partial charge in [-0.2, -0.15) is 0 Å². The van der Waals surface area contributed by atoms with Gasteiger partial charge in [0.05, 0.1) is 12.8 Å². The number of hydrogen-bond donors (Lipinski definition) is 2. The fourth-order valence-electron chi connectivity index (χ4n) is 2.26. The van der Waals surface area contributed by atoms with Crippen LogP contribution >= 0.6 is 11.3 Å². The molecule has 0 bridgehead atoms. The van der Waals surface area contributed by atoms with Gasteiger partial charge in [-0.25, -0.2) is 4.98 Å². The van der Waals surface area contributed by atoms with E-state index in [9.17, 15) is 9.59 Å². The summed E-state index contributed by atoms with van der Waals surface area (Å²) < 4.78 is 11.2. The zero-order valence-corrected chi connectivity index (χ0v) is 15.5. The number of hydrogen-bond acceptors (Lipinski definition) is 6. The molecule has 0 saturated carbocycles. The SMILES string of the molecule is COc1ccccc1Oc1cc(C)ccc1NC(=O)C(=O)Nc1nccs1. The van der Waals surface area contributed by atoms with Crippen molar-refractivity contribution in [1.29, 1.82) is 0 Å². The molecule has 1 aromatic heterocycles. The molecule has 2 N–H and O–H groups in total. The summed E-state index contributed by atoms with van der Waals surface area (Å²) in [5.74, 6) is -0.186.